The van der Waals surface area contributed by atoms with Gasteiger partial charge in [0.25, 0.3) is 5.56 Å². The molecule has 0 radical (unpaired) electrons. The second-order valence-corrected chi connectivity index (χ2v) is 8.35. The summed E-state index contributed by atoms with van der Waals surface area (Å²) in [6, 6.07) is 10.8. The number of amides is 1. The highest BCUT2D eigenvalue weighted by Gasteiger charge is 2.16. The molecule has 0 unspecified atom stereocenters. The normalized spacial score (nSPS) is 10.9. The summed E-state index contributed by atoms with van der Waals surface area (Å²) in [5.41, 5.74) is 2.65. The monoisotopic (exact) mass is 469 g/mol. The highest BCUT2D eigenvalue weighted by molar-refractivity contribution is 7.17. The third-order valence-corrected chi connectivity index (χ3v) is 6.32. The lowest BCUT2D eigenvalue weighted by molar-refractivity contribution is -0.116. The van der Waals surface area contributed by atoms with Crippen molar-refractivity contribution in [3.63, 3.8) is 0 Å². The Morgan fingerprint density at radius 2 is 1.94 bits per heavy atom. The number of carbonyl (C=O) groups excluding carboxylic acids is 1. The molecule has 1 N–H and O–H groups in total. The van der Waals surface area contributed by atoms with Crippen LogP contribution in [0.4, 0.5) is 5.69 Å². The van der Waals surface area contributed by atoms with E-state index in [0.717, 1.165) is 22.4 Å². The first-order valence-corrected chi connectivity index (χ1v) is 10.9. The molecule has 7 nitrogen and oxygen atoms in total. The van der Waals surface area contributed by atoms with Crippen LogP contribution in [0.25, 0.3) is 21.3 Å². The molecule has 0 bridgehead atoms. The number of nitrogens with one attached hydrogen (secondary N) is 1. The smallest absolute Gasteiger partial charge is 0.263 e. The maximum absolute atomic E-state index is 13.2. The second kappa shape index (κ2) is 9.02. The standard InChI is InChI=1S/C23H20ClN3O4S/c1-13-8-18(19(31-3)9-17(13)24)26-20(28)10-27-12-25-22-21(23(27)29)16(11-32-22)14-4-6-15(30-2)7-5-14/h4-9,11-12H,10H2,1-3H3,(H,26,28). The Morgan fingerprint density at radius 1 is 1.19 bits per heavy atom. The van der Waals surface area contributed by atoms with Gasteiger partial charge < -0.3 is 14.8 Å². The van der Waals surface area contributed by atoms with Gasteiger partial charge in [-0.25, -0.2) is 4.98 Å². The zero-order valence-electron chi connectivity index (χ0n) is 17.6. The van der Waals surface area contributed by atoms with E-state index in [4.69, 9.17) is 21.1 Å². The molecule has 164 valence electrons. The molecule has 4 aromatic rings. The van der Waals surface area contributed by atoms with Gasteiger partial charge in [-0.3, -0.25) is 14.2 Å². The lowest BCUT2D eigenvalue weighted by Gasteiger charge is -2.13. The fourth-order valence-electron chi connectivity index (χ4n) is 3.34. The van der Waals surface area contributed by atoms with Gasteiger partial charge in [-0.15, -0.1) is 11.3 Å². The quantitative estimate of drug-likeness (QED) is 0.441. The summed E-state index contributed by atoms with van der Waals surface area (Å²) in [5.74, 6) is 0.789. The molecule has 2 heterocycles. The Morgan fingerprint density at radius 3 is 2.62 bits per heavy atom. The van der Waals surface area contributed by atoms with Gasteiger partial charge in [0, 0.05) is 22.0 Å². The summed E-state index contributed by atoms with van der Waals surface area (Å²) in [5, 5.41) is 5.70. The third kappa shape index (κ3) is 4.19. The van der Waals surface area contributed by atoms with E-state index in [1.54, 1.807) is 19.2 Å². The molecule has 4 rings (SSSR count). The van der Waals surface area contributed by atoms with Crippen molar-refractivity contribution in [2.24, 2.45) is 0 Å². The molecule has 0 saturated carbocycles. The fraction of sp³-hybridized carbons (Fsp3) is 0.174. The maximum atomic E-state index is 13.2. The van der Waals surface area contributed by atoms with Crippen molar-refractivity contribution < 1.29 is 14.3 Å². The van der Waals surface area contributed by atoms with E-state index < -0.39 is 0 Å². The van der Waals surface area contributed by atoms with Gasteiger partial charge in [0.1, 0.15) is 22.9 Å². The number of methoxy groups -OCH3 is 2. The van der Waals surface area contributed by atoms with Crippen LogP contribution in [-0.2, 0) is 11.3 Å². The summed E-state index contributed by atoms with van der Waals surface area (Å²) in [4.78, 5) is 30.9. The average Bonchev–Trinajstić information content (AvgIpc) is 3.23. The van der Waals surface area contributed by atoms with Gasteiger partial charge in [-0.2, -0.15) is 0 Å². The molecule has 2 aromatic carbocycles. The van der Waals surface area contributed by atoms with Gasteiger partial charge in [-0.05, 0) is 36.2 Å². The van der Waals surface area contributed by atoms with Crippen molar-refractivity contribution in [1.82, 2.24) is 9.55 Å². The number of fused-ring (bicyclic) bond motifs is 1. The van der Waals surface area contributed by atoms with Crippen molar-refractivity contribution in [1.29, 1.82) is 0 Å². The molecule has 1 amide bonds. The molecular weight excluding hydrogens is 450 g/mol. The first-order chi connectivity index (χ1) is 15.4. The van der Waals surface area contributed by atoms with Crippen molar-refractivity contribution >= 4 is 44.7 Å². The van der Waals surface area contributed by atoms with E-state index in [-0.39, 0.29) is 18.0 Å². The van der Waals surface area contributed by atoms with E-state index in [9.17, 15) is 9.59 Å². The number of hydrogen-bond donors (Lipinski definition) is 1. The van der Waals surface area contributed by atoms with Gasteiger partial charge >= 0.3 is 0 Å². The molecule has 0 aliphatic heterocycles. The van der Waals surface area contributed by atoms with E-state index in [0.29, 0.717) is 26.7 Å². The number of anilines is 1. The number of benzene rings is 2. The Labute approximate surface area is 193 Å². The molecule has 0 spiro atoms. The first-order valence-electron chi connectivity index (χ1n) is 9.66. The number of aromatic nitrogens is 2. The van der Waals surface area contributed by atoms with Gasteiger partial charge in [-0.1, -0.05) is 23.7 Å². The number of halogens is 1. The van der Waals surface area contributed by atoms with Crippen LogP contribution >= 0.6 is 22.9 Å². The molecule has 0 atom stereocenters. The summed E-state index contributed by atoms with van der Waals surface area (Å²) in [7, 11) is 3.10. The van der Waals surface area contributed by atoms with Crippen LogP contribution in [0, 0.1) is 6.92 Å². The van der Waals surface area contributed by atoms with E-state index >= 15 is 0 Å². The average molecular weight is 470 g/mol. The van der Waals surface area contributed by atoms with Crippen molar-refractivity contribution in [2.75, 3.05) is 19.5 Å². The minimum Gasteiger partial charge on any atom is -0.497 e. The van der Waals surface area contributed by atoms with Crippen LogP contribution in [0.15, 0.2) is 52.9 Å². The van der Waals surface area contributed by atoms with Crippen LogP contribution in [0.1, 0.15) is 5.56 Å². The molecular formula is C23H20ClN3O4S. The lowest BCUT2D eigenvalue weighted by atomic mass is 10.1. The second-order valence-electron chi connectivity index (χ2n) is 7.09. The topological polar surface area (TPSA) is 82.5 Å². The zero-order valence-corrected chi connectivity index (χ0v) is 19.2. The summed E-state index contributed by atoms with van der Waals surface area (Å²) in [6.07, 6.45) is 1.39. The van der Waals surface area contributed by atoms with Gasteiger partial charge in [0.05, 0.1) is 31.6 Å². The SMILES string of the molecule is COc1ccc(-c2csc3ncn(CC(=O)Nc4cc(C)c(Cl)cc4OC)c(=O)c23)cc1. The Kier molecular flexibility index (Phi) is 6.16. The highest BCUT2D eigenvalue weighted by atomic mass is 35.5. The number of rotatable bonds is 6. The molecule has 0 fully saturated rings. The molecule has 2 aromatic heterocycles. The minimum atomic E-state index is -0.380. The zero-order chi connectivity index (χ0) is 22.8. The Hall–Kier alpha value is -3.36. The minimum absolute atomic E-state index is 0.190. The van der Waals surface area contributed by atoms with Gasteiger partial charge in [0.2, 0.25) is 5.91 Å². The molecule has 0 aliphatic rings. The van der Waals surface area contributed by atoms with E-state index in [1.807, 2.05) is 36.6 Å². The number of carbonyl (C=O) groups is 1. The van der Waals surface area contributed by atoms with E-state index in [2.05, 4.69) is 10.3 Å². The highest BCUT2D eigenvalue weighted by Crippen LogP contribution is 2.32. The van der Waals surface area contributed by atoms with Crippen LogP contribution in [-0.4, -0.2) is 29.7 Å². The summed E-state index contributed by atoms with van der Waals surface area (Å²) in [6.45, 7) is 1.64. The van der Waals surface area contributed by atoms with Crippen molar-refractivity contribution in [3.05, 3.63) is 69.0 Å². The molecule has 0 aliphatic carbocycles. The molecule has 9 heteroatoms. The van der Waals surface area contributed by atoms with Crippen molar-refractivity contribution in [3.8, 4) is 22.6 Å². The number of nitrogens with zero attached hydrogens (tertiary/aromatic N) is 2. The van der Waals surface area contributed by atoms with E-state index in [1.165, 1.54) is 29.3 Å². The maximum Gasteiger partial charge on any atom is 0.263 e. The third-order valence-electron chi connectivity index (χ3n) is 5.03. The largest absolute Gasteiger partial charge is 0.497 e. The number of thiophene rings is 1. The predicted octanol–water partition coefficient (Wildman–Crippen LogP) is 4.74. The van der Waals surface area contributed by atoms with Crippen LogP contribution in [0.2, 0.25) is 5.02 Å². The number of ether oxygens (including phenoxy) is 2. The van der Waals surface area contributed by atoms with Crippen molar-refractivity contribution in [2.45, 2.75) is 13.5 Å². The fourth-order valence-corrected chi connectivity index (χ4v) is 4.40. The first kappa shape index (κ1) is 21.9. The molecule has 32 heavy (non-hydrogen) atoms. The molecule has 0 saturated heterocycles. The lowest BCUT2D eigenvalue weighted by Crippen LogP contribution is -2.28. The van der Waals surface area contributed by atoms with Gasteiger partial charge in [0.15, 0.2) is 0 Å². The predicted molar refractivity (Wildman–Crippen MR) is 127 cm³/mol. The van der Waals surface area contributed by atoms with Crippen LogP contribution in [0.5, 0.6) is 11.5 Å². The van der Waals surface area contributed by atoms with Crippen LogP contribution < -0.4 is 20.3 Å². The Balaban J connectivity index is 1.64. The Bertz CT molecular complexity index is 1360. The number of aryl methyl sites for hydroxylation is 1. The summed E-state index contributed by atoms with van der Waals surface area (Å²) >= 11 is 7.51. The number of hydrogen-bond acceptors (Lipinski definition) is 6. The van der Waals surface area contributed by atoms with Crippen LogP contribution in [0.3, 0.4) is 0 Å². The summed E-state index contributed by atoms with van der Waals surface area (Å²) < 4.78 is 11.8.